The zero-order valence-corrected chi connectivity index (χ0v) is 12.1. The number of aliphatic hydroxyl groups is 1. The number of carbonyl (C=O) groups is 3. The lowest BCUT2D eigenvalue weighted by molar-refractivity contribution is -0.146. The molecule has 8 heteroatoms. The summed E-state index contributed by atoms with van der Waals surface area (Å²) in [7, 11) is 1.14. The van der Waals surface area contributed by atoms with Gasteiger partial charge in [0.2, 0.25) is 5.91 Å². The van der Waals surface area contributed by atoms with Gasteiger partial charge in [-0.15, -0.1) is 0 Å². The predicted octanol–water partition coefficient (Wildman–Crippen LogP) is -0.437. The fraction of sp³-hybridized carbons (Fsp3) is 0.357. The Balaban J connectivity index is 2.28. The molecule has 0 aliphatic rings. The minimum Gasteiger partial charge on any atom is -0.467 e. The first kappa shape index (κ1) is 17.4. The van der Waals surface area contributed by atoms with E-state index in [0.29, 0.717) is 0 Å². The van der Waals surface area contributed by atoms with Crippen molar-refractivity contribution in [1.82, 2.24) is 10.6 Å². The summed E-state index contributed by atoms with van der Waals surface area (Å²) in [5, 5.41) is 13.4. The Kier molecular flexibility index (Phi) is 7.41. The molecule has 1 aromatic rings. The molecule has 0 saturated heterocycles. The van der Waals surface area contributed by atoms with Gasteiger partial charge in [-0.3, -0.25) is 4.79 Å². The number of aliphatic hydroxyl groups excluding tert-OH is 1. The summed E-state index contributed by atoms with van der Waals surface area (Å²) in [6, 6.07) is 7.88. The van der Waals surface area contributed by atoms with Gasteiger partial charge in [-0.1, -0.05) is 30.3 Å². The molecule has 0 spiro atoms. The number of alkyl carbamates (subject to hydrolysis) is 1. The second-order valence-corrected chi connectivity index (χ2v) is 4.24. The Morgan fingerprint density at radius 2 is 1.91 bits per heavy atom. The molecule has 1 atom stereocenters. The molecule has 0 fully saturated rings. The lowest BCUT2D eigenvalue weighted by Gasteiger charge is -2.14. The van der Waals surface area contributed by atoms with E-state index >= 15 is 0 Å². The molecule has 0 radical (unpaired) electrons. The summed E-state index contributed by atoms with van der Waals surface area (Å²) in [5.41, 5.74) is 0.813. The Bertz CT molecular complexity index is 505. The van der Waals surface area contributed by atoms with E-state index in [9.17, 15) is 14.4 Å². The van der Waals surface area contributed by atoms with Gasteiger partial charge in [0.1, 0.15) is 13.2 Å². The van der Waals surface area contributed by atoms with Crippen LogP contribution in [0.25, 0.3) is 0 Å². The minimum absolute atomic E-state index is 0.0791. The second-order valence-electron chi connectivity index (χ2n) is 4.24. The van der Waals surface area contributed by atoms with Crippen LogP contribution in [0.4, 0.5) is 4.79 Å². The van der Waals surface area contributed by atoms with Crippen LogP contribution in [-0.4, -0.2) is 49.4 Å². The fourth-order valence-corrected chi connectivity index (χ4v) is 1.49. The number of methoxy groups -OCH3 is 1. The molecule has 0 unspecified atom stereocenters. The van der Waals surface area contributed by atoms with E-state index in [4.69, 9.17) is 9.84 Å². The molecule has 1 aromatic carbocycles. The van der Waals surface area contributed by atoms with Crippen molar-refractivity contribution in [2.45, 2.75) is 12.6 Å². The summed E-state index contributed by atoms with van der Waals surface area (Å²) in [6.07, 6.45) is -0.766. The number of hydrogen-bond donors (Lipinski definition) is 3. The van der Waals surface area contributed by atoms with E-state index < -0.39 is 30.6 Å². The zero-order valence-electron chi connectivity index (χ0n) is 12.1. The van der Waals surface area contributed by atoms with Gasteiger partial charge in [0.25, 0.3) is 0 Å². The summed E-state index contributed by atoms with van der Waals surface area (Å²) in [4.78, 5) is 34.1. The largest absolute Gasteiger partial charge is 0.467 e. The fourth-order valence-electron chi connectivity index (χ4n) is 1.49. The third-order valence-corrected chi connectivity index (χ3v) is 2.61. The van der Waals surface area contributed by atoms with E-state index in [1.54, 1.807) is 12.1 Å². The summed E-state index contributed by atoms with van der Waals surface area (Å²) < 4.78 is 9.30. The van der Waals surface area contributed by atoms with Crippen molar-refractivity contribution in [2.75, 3.05) is 20.3 Å². The number of hydrogen-bond acceptors (Lipinski definition) is 6. The maximum atomic E-state index is 11.5. The molecule has 0 aromatic heterocycles. The van der Waals surface area contributed by atoms with Crippen LogP contribution in [0.1, 0.15) is 5.56 Å². The molecule has 0 aliphatic heterocycles. The van der Waals surface area contributed by atoms with Crippen LogP contribution in [0.15, 0.2) is 30.3 Å². The summed E-state index contributed by atoms with van der Waals surface area (Å²) in [5.74, 6) is -1.43. The minimum atomic E-state index is -1.17. The van der Waals surface area contributed by atoms with Crippen LogP contribution in [0.2, 0.25) is 0 Å². The number of benzene rings is 1. The van der Waals surface area contributed by atoms with Crippen LogP contribution in [-0.2, 0) is 25.7 Å². The molecular weight excluding hydrogens is 292 g/mol. The number of rotatable bonds is 7. The Labute approximate surface area is 127 Å². The highest BCUT2D eigenvalue weighted by Crippen LogP contribution is 2.00. The lowest BCUT2D eigenvalue weighted by Crippen LogP contribution is -2.47. The number of esters is 1. The predicted molar refractivity (Wildman–Crippen MR) is 75.7 cm³/mol. The second kappa shape index (κ2) is 9.35. The summed E-state index contributed by atoms with van der Waals surface area (Å²) >= 11 is 0. The zero-order chi connectivity index (χ0) is 16.4. The highest BCUT2D eigenvalue weighted by atomic mass is 16.5. The standard InChI is InChI=1S/C14H18N2O6/c1-21-13(19)11(8-17)16-12(18)7-15-14(20)22-9-10-5-3-2-4-6-10/h2-6,11,17H,7-9H2,1H3,(H,15,20)(H,16,18)/t11-/m0/s1. The van der Waals surface area contributed by atoms with Gasteiger partial charge in [0, 0.05) is 0 Å². The molecule has 0 bridgehead atoms. The highest BCUT2D eigenvalue weighted by molar-refractivity contribution is 5.87. The van der Waals surface area contributed by atoms with Crippen molar-refractivity contribution in [2.24, 2.45) is 0 Å². The van der Waals surface area contributed by atoms with E-state index in [1.807, 2.05) is 18.2 Å². The normalized spacial score (nSPS) is 11.2. The van der Waals surface area contributed by atoms with Gasteiger partial charge in [-0.25, -0.2) is 9.59 Å². The topological polar surface area (TPSA) is 114 Å². The molecule has 120 valence electrons. The van der Waals surface area contributed by atoms with Crippen molar-refractivity contribution < 1.29 is 29.0 Å². The molecule has 2 amide bonds. The summed E-state index contributed by atoms with van der Waals surface area (Å²) in [6.45, 7) is -0.909. The van der Waals surface area contributed by atoms with Gasteiger partial charge in [-0.2, -0.15) is 0 Å². The van der Waals surface area contributed by atoms with E-state index in [1.165, 1.54) is 0 Å². The van der Waals surface area contributed by atoms with E-state index in [-0.39, 0.29) is 13.2 Å². The quantitative estimate of drug-likeness (QED) is 0.589. The van der Waals surface area contributed by atoms with Crippen LogP contribution < -0.4 is 10.6 Å². The Hall–Kier alpha value is -2.61. The maximum Gasteiger partial charge on any atom is 0.407 e. The lowest BCUT2D eigenvalue weighted by atomic mass is 10.2. The van der Waals surface area contributed by atoms with Gasteiger partial charge < -0.3 is 25.2 Å². The first-order chi connectivity index (χ1) is 10.6. The molecular formula is C14H18N2O6. The molecule has 0 saturated carbocycles. The molecule has 8 nitrogen and oxygen atoms in total. The maximum absolute atomic E-state index is 11.5. The van der Waals surface area contributed by atoms with Crippen molar-refractivity contribution in [3.8, 4) is 0 Å². The average Bonchev–Trinajstić information content (AvgIpc) is 2.56. The number of ether oxygens (including phenoxy) is 2. The van der Waals surface area contributed by atoms with Crippen LogP contribution in [0, 0.1) is 0 Å². The number of carbonyl (C=O) groups excluding carboxylic acids is 3. The molecule has 3 N–H and O–H groups in total. The SMILES string of the molecule is COC(=O)[C@H](CO)NC(=O)CNC(=O)OCc1ccccc1. The van der Waals surface area contributed by atoms with Crippen LogP contribution >= 0.6 is 0 Å². The third-order valence-electron chi connectivity index (χ3n) is 2.61. The van der Waals surface area contributed by atoms with Crippen LogP contribution in [0.3, 0.4) is 0 Å². The monoisotopic (exact) mass is 310 g/mol. The van der Waals surface area contributed by atoms with Crippen LogP contribution in [0.5, 0.6) is 0 Å². The van der Waals surface area contributed by atoms with Crippen molar-refractivity contribution in [1.29, 1.82) is 0 Å². The van der Waals surface area contributed by atoms with Crippen molar-refractivity contribution >= 4 is 18.0 Å². The van der Waals surface area contributed by atoms with E-state index in [0.717, 1.165) is 12.7 Å². The molecule has 0 aliphatic carbocycles. The van der Waals surface area contributed by atoms with Gasteiger partial charge >= 0.3 is 12.1 Å². The third kappa shape index (κ3) is 6.23. The average molecular weight is 310 g/mol. The first-order valence-corrected chi connectivity index (χ1v) is 6.49. The number of nitrogens with one attached hydrogen (secondary N) is 2. The number of amides is 2. The smallest absolute Gasteiger partial charge is 0.407 e. The van der Waals surface area contributed by atoms with Crippen molar-refractivity contribution in [3.05, 3.63) is 35.9 Å². The molecule has 0 heterocycles. The van der Waals surface area contributed by atoms with E-state index in [2.05, 4.69) is 15.4 Å². The highest BCUT2D eigenvalue weighted by Gasteiger charge is 2.20. The molecule has 1 rings (SSSR count). The van der Waals surface area contributed by atoms with Gasteiger partial charge in [-0.05, 0) is 5.56 Å². The molecule has 22 heavy (non-hydrogen) atoms. The van der Waals surface area contributed by atoms with Crippen molar-refractivity contribution in [3.63, 3.8) is 0 Å². The Morgan fingerprint density at radius 3 is 2.50 bits per heavy atom. The Morgan fingerprint density at radius 1 is 1.23 bits per heavy atom. The van der Waals surface area contributed by atoms with Gasteiger partial charge in [0.15, 0.2) is 6.04 Å². The first-order valence-electron chi connectivity index (χ1n) is 6.49. The van der Waals surface area contributed by atoms with Gasteiger partial charge in [0.05, 0.1) is 13.7 Å².